The molecule has 0 radical (unpaired) electrons. The van der Waals surface area contributed by atoms with Crippen LogP contribution < -0.4 is 5.32 Å². The fourth-order valence-corrected chi connectivity index (χ4v) is 2.90. The third kappa shape index (κ3) is 7.92. The summed E-state index contributed by atoms with van der Waals surface area (Å²) in [7, 11) is 1.76. The highest BCUT2D eigenvalue weighted by Crippen LogP contribution is 2.20. The molecule has 0 aromatic rings. The summed E-state index contributed by atoms with van der Waals surface area (Å²) < 4.78 is 17.7. The third-order valence-corrected chi connectivity index (χ3v) is 4.23. The zero-order chi connectivity index (χ0) is 18.9. The van der Waals surface area contributed by atoms with Gasteiger partial charge in [0.25, 0.3) is 0 Å². The van der Waals surface area contributed by atoms with E-state index in [1.807, 2.05) is 27.7 Å². The van der Waals surface area contributed by atoms with E-state index in [2.05, 4.69) is 15.2 Å². The van der Waals surface area contributed by atoms with Crippen molar-refractivity contribution in [2.45, 2.75) is 52.6 Å². The monoisotopic (exact) mass is 358 g/mol. The Balaban J connectivity index is 2.45. The lowest BCUT2D eigenvalue weighted by molar-refractivity contribution is 0.0214. The molecule has 0 aromatic carbocycles. The Hall–Kier alpha value is -1.53. The third-order valence-electron chi connectivity index (χ3n) is 4.23. The minimum atomic E-state index is -0.467. The summed E-state index contributed by atoms with van der Waals surface area (Å²) in [5.74, 6) is 1.30. The van der Waals surface area contributed by atoms with Crippen LogP contribution in [0.25, 0.3) is 0 Å². The average molecular weight is 359 g/mol. The molecule has 0 bridgehead atoms. The highest BCUT2D eigenvalue weighted by molar-refractivity contribution is 5.79. The summed E-state index contributed by atoms with van der Waals surface area (Å²) in [4.78, 5) is 20.5. The first kappa shape index (κ1) is 21.5. The molecular formula is C18H35FN4O2. The number of hydrogen-bond acceptors (Lipinski definition) is 3. The number of aliphatic imine (C=N–C) groups is 1. The number of alkyl halides is 1. The molecule has 1 aliphatic heterocycles. The van der Waals surface area contributed by atoms with E-state index in [1.165, 1.54) is 0 Å². The molecule has 0 atom stereocenters. The largest absolute Gasteiger partial charge is 0.444 e. The number of rotatable bonds is 6. The first-order chi connectivity index (χ1) is 11.8. The number of carbonyl (C=O) groups excluding carboxylic acids is 1. The number of guanidine groups is 1. The van der Waals surface area contributed by atoms with Gasteiger partial charge in [-0.3, -0.25) is 9.38 Å². The molecule has 1 saturated heterocycles. The summed E-state index contributed by atoms with van der Waals surface area (Å²) in [6, 6.07) is 0. The molecule has 0 unspecified atom stereocenters. The second kappa shape index (κ2) is 10.5. The standard InChI is InChI=1S/C18H35FN4O2/c1-6-22(17(24)25-18(2,3)4)14-15-8-12-23(13-9-15)16(20-5)21-11-7-10-19/h15H,6-14H2,1-5H3,(H,20,21). The topological polar surface area (TPSA) is 57.2 Å². The van der Waals surface area contributed by atoms with Gasteiger partial charge in [0.1, 0.15) is 5.60 Å². The van der Waals surface area contributed by atoms with E-state index in [0.29, 0.717) is 25.4 Å². The van der Waals surface area contributed by atoms with Crippen LogP contribution in [-0.2, 0) is 4.74 Å². The number of ether oxygens (including phenoxy) is 1. The van der Waals surface area contributed by atoms with E-state index in [-0.39, 0.29) is 12.8 Å². The van der Waals surface area contributed by atoms with Crippen LogP contribution in [0.4, 0.5) is 9.18 Å². The molecule has 1 amide bonds. The van der Waals surface area contributed by atoms with Crippen molar-refractivity contribution in [2.75, 3.05) is 46.4 Å². The molecule has 0 aliphatic carbocycles. The van der Waals surface area contributed by atoms with Crippen LogP contribution in [0.3, 0.4) is 0 Å². The second-order valence-corrected chi connectivity index (χ2v) is 7.47. The number of nitrogens with one attached hydrogen (secondary N) is 1. The van der Waals surface area contributed by atoms with Gasteiger partial charge >= 0.3 is 6.09 Å². The summed E-state index contributed by atoms with van der Waals surface area (Å²) in [6.45, 7) is 11.1. The van der Waals surface area contributed by atoms with E-state index < -0.39 is 5.60 Å². The van der Waals surface area contributed by atoms with Crippen LogP contribution in [0.1, 0.15) is 47.0 Å². The van der Waals surface area contributed by atoms with Gasteiger partial charge in [0.2, 0.25) is 0 Å². The minimum absolute atomic E-state index is 0.235. The van der Waals surface area contributed by atoms with Crippen molar-refractivity contribution < 1.29 is 13.9 Å². The van der Waals surface area contributed by atoms with Crippen LogP contribution >= 0.6 is 0 Å². The molecule has 146 valence electrons. The van der Waals surface area contributed by atoms with Crippen LogP contribution in [0.2, 0.25) is 0 Å². The summed E-state index contributed by atoms with van der Waals surface area (Å²) in [6.07, 6.45) is 2.27. The van der Waals surface area contributed by atoms with Gasteiger partial charge in [-0.1, -0.05) is 0 Å². The van der Waals surface area contributed by atoms with Crippen molar-refractivity contribution in [3.63, 3.8) is 0 Å². The molecule has 0 aromatic heterocycles. The molecule has 6 nitrogen and oxygen atoms in total. The number of nitrogens with zero attached hydrogens (tertiary/aromatic N) is 3. The van der Waals surface area contributed by atoms with E-state index >= 15 is 0 Å². The van der Waals surface area contributed by atoms with Crippen LogP contribution in [-0.4, -0.2) is 73.9 Å². The van der Waals surface area contributed by atoms with Gasteiger partial charge in [-0.15, -0.1) is 0 Å². The molecular weight excluding hydrogens is 323 g/mol. The lowest BCUT2D eigenvalue weighted by Crippen LogP contribution is -2.48. The average Bonchev–Trinajstić information content (AvgIpc) is 2.56. The van der Waals surface area contributed by atoms with Gasteiger partial charge in [-0.05, 0) is 52.9 Å². The smallest absolute Gasteiger partial charge is 0.410 e. The van der Waals surface area contributed by atoms with Crippen molar-refractivity contribution >= 4 is 12.1 Å². The number of amides is 1. The molecule has 1 heterocycles. The fraction of sp³-hybridized carbons (Fsp3) is 0.889. The maximum atomic E-state index is 12.3. The van der Waals surface area contributed by atoms with Crippen molar-refractivity contribution in [1.82, 2.24) is 15.1 Å². The zero-order valence-corrected chi connectivity index (χ0v) is 16.5. The van der Waals surface area contributed by atoms with Gasteiger partial charge in [-0.2, -0.15) is 0 Å². The molecule has 1 N–H and O–H groups in total. The van der Waals surface area contributed by atoms with Crippen LogP contribution in [0.5, 0.6) is 0 Å². The van der Waals surface area contributed by atoms with E-state index in [0.717, 1.165) is 38.4 Å². The summed E-state index contributed by atoms with van der Waals surface area (Å²) in [5.41, 5.74) is -0.467. The van der Waals surface area contributed by atoms with E-state index in [1.54, 1.807) is 11.9 Å². The Morgan fingerprint density at radius 1 is 1.36 bits per heavy atom. The van der Waals surface area contributed by atoms with Crippen LogP contribution in [0, 0.1) is 5.92 Å². The summed E-state index contributed by atoms with van der Waals surface area (Å²) in [5, 5.41) is 3.20. The van der Waals surface area contributed by atoms with E-state index in [4.69, 9.17) is 4.74 Å². The Labute approximate surface area is 151 Å². The maximum Gasteiger partial charge on any atom is 0.410 e. The van der Waals surface area contributed by atoms with Gasteiger partial charge < -0.3 is 19.9 Å². The zero-order valence-electron chi connectivity index (χ0n) is 16.5. The quantitative estimate of drug-likeness (QED) is 0.451. The van der Waals surface area contributed by atoms with Crippen molar-refractivity contribution in [3.8, 4) is 0 Å². The molecule has 1 aliphatic rings. The van der Waals surface area contributed by atoms with Crippen molar-refractivity contribution in [1.29, 1.82) is 0 Å². The Morgan fingerprint density at radius 3 is 2.48 bits per heavy atom. The molecule has 0 spiro atoms. The Morgan fingerprint density at radius 2 is 2.00 bits per heavy atom. The lowest BCUT2D eigenvalue weighted by atomic mass is 9.96. The highest BCUT2D eigenvalue weighted by atomic mass is 19.1. The van der Waals surface area contributed by atoms with Crippen LogP contribution in [0.15, 0.2) is 4.99 Å². The minimum Gasteiger partial charge on any atom is -0.444 e. The van der Waals surface area contributed by atoms with Gasteiger partial charge in [0.15, 0.2) is 5.96 Å². The fourth-order valence-electron chi connectivity index (χ4n) is 2.90. The first-order valence-corrected chi connectivity index (χ1v) is 9.30. The number of piperidine rings is 1. The number of halogens is 1. The number of hydrogen-bond donors (Lipinski definition) is 1. The van der Waals surface area contributed by atoms with Gasteiger partial charge in [0, 0.05) is 39.8 Å². The van der Waals surface area contributed by atoms with Crippen molar-refractivity contribution in [2.24, 2.45) is 10.9 Å². The maximum absolute atomic E-state index is 12.3. The predicted molar refractivity (Wildman–Crippen MR) is 99.7 cm³/mol. The molecule has 7 heteroatoms. The highest BCUT2D eigenvalue weighted by Gasteiger charge is 2.26. The first-order valence-electron chi connectivity index (χ1n) is 9.30. The van der Waals surface area contributed by atoms with E-state index in [9.17, 15) is 9.18 Å². The van der Waals surface area contributed by atoms with Crippen molar-refractivity contribution in [3.05, 3.63) is 0 Å². The molecule has 1 rings (SSSR count). The number of likely N-dealkylation sites (tertiary alicyclic amines) is 1. The second-order valence-electron chi connectivity index (χ2n) is 7.47. The SMILES string of the molecule is CCN(CC1CCN(C(=NC)NCCCF)CC1)C(=O)OC(C)(C)C. The molecule has 25 heavy (non-hydrogen) atoms. The van der Waals surface area contributed by atoms with Gasteiger partial charge in [-0.25, -0.2) is 4.79 Å². The molecule has 0 saturated carbocycles. The molecule has 1 fully saturated rings. The predicted octanol–water partition coefficient (Wildman–Crippen LogP) is 2.89. The summed E-state index contributed by atoms with van der Waals surface area (Å²) >= 11 is 0. The van der Waals surface area contributed by atoms with Gasteiger partial charge in [0.05, 0.1) is 6.67 Å². The Kier molecular flexibility index (Phi) is 9.00. The normalized spacial score (nSPS) is 16.7. The number of carbonyl (C=O) groups is 1. The lowest BCUT2D eigenvalue weighted by Gasteiger charge is -2.36. The Bertz CT molecular complexity index is 429.